The van der Waals surface area contributed by atoms with Crippen LogP contribution in [0.2, 0.25) is 0 Å². The molecule has 3 rings (SSSR count). The topological polar surface area (TPSA) is 55.8 Å². The minimum Gasteiger partial charge on any atom is -0.497 e. The molecule has 0 aliphatic carbocycles. The van der Waals surface area contributed by atoms with Gasteiger partial charge in [-0.1, -0.05) is 0 Å². The largest absolute Gasteiger partial charge is 0.497 e. The van der Waals surface area contributed by atoms with Crippen LogP contribution in [0.15, 0.2) is 42.5 Å². The second-order valence-electron chi connectivity index (χ2n) is 5.27. The number of methoxy groups -OCH3 is 1. The number of aromatic carboxylic acids is 1. The molecule has 2 aromatic rings. The summed E-state index contributed by atoms with van der Waals surface area (Å²) >= 11 is 0. The summed E-state index contributed by atoms with van der Waals surface area (Å²) in [7, 11) is 1.51. The lowest BCUT2D eigenvalue weighted by Crippen LogP contribution is -2.16. The van der Waals surface area contributed by atoms with Gasteiger partial charge in [0.2, 0.25) is 0 Å². The van der Waals surface area contributed by atoms with Gasteiger partial charge in [-0.05, 0) is 55.0 Å². The molecule has 0 fully saturated rings. The van der Waals surface area contributed by atoms with Gasteiger partial charge in [-0.2, -0.15) is 0 Å². The van der Waals surface area contributed by atoms with E-state index in [-0.39, 0.29) is 11.7 Å². The molecule has 1 heterocycles. The maximum absolute atomic E-state index is 14.3. The van der Waals surface area contributed by atoms with E-state index in [1.807, 2.05) is 6.92 Å². The van der Waals surface area contributed by atoms with E-state index < -0.39 is 11.8 Å². The zero-order valence-electron chi connectivity index (χ0n) is 12.7. The number of halogens is 1. The summed E-state index contributed by atoms with van der Waals surface area (Å²) in [5, 5.41) is 9.18. The highest BCUT2D eigenvalue weighted by Gasteiger charge is 2.23. The number of rotatable bonds is 3. The molecule has 1 atom stereocenters. The van der Waals surface area contributed by atoms with Crippen molar-refractivity contribution in [3.05, 3.63) is 65.0 Å². The van der Waals surface area contributed by atoms with E-state index in [2.05, 4.69) is 0 Å². The summed E-state index contributed by atoms with van der Waals surface area (Å²) < 4.78 is 25.2. The van der Waals surface area contributed by atoms with Crippen LogP contribution >= 0.6 is 0 Å². The third kappa shape index (κ3) is 2.77. The fourth-order valence-corrected chi connectivity index (χ4v) is 2.61. The molecule has 4 nitrogen and oxygen atoms in total. The number of fused-ring (bicyclic) bond motifs is 1. The quantitative estimate of drug-likeness (QED) is 0.937. The van der Waals surface area contributed by atoms with E-state index in [1.54, 1.807) is 18.2 Å². The van der Waals surface area contributed by atoms with Gasteiger partial charge < -0.3 is 14.6 Å². The van der Waals surface area contributed by atoms with Gasteiger partial charge in [0.25, 0.3) is 0 Å². The standard InChI is InChI=1S/C18H15FO4/c1-10-7-13(14-9-12(22-2)4-5-16(14)19)15-8-11(18(20)21)3-6-17(15)23-10/h3-10H,1-2H3,(H,20,21). The van der Waals surface area contributed by atoms with E-state index in [0.717, 1.165) is 0 Å². The molecule has 1 aliphatic rings. The van der Waals surface area contributed by atoms with Crippen molar-refractivity contribution in [2.45, 2.75) is 13.0 Å². The minimum atomic E-state index is -1.04. The fourth-order valence-electron chi connectivity index (χ4n) is 2.61. The van der Waals surface area contributed by atoms with Crippen LogP contribution in [-0.2, 0) is 0 Å². The van der Waals surface area contributed by atoms with Crippen LogP contribution in [0.3, 0.4) is 0 Å². The second-order valence-corrected chi connectivity index (χ2v) is 5.27. The Morgan fingerprint density at radius 2 is 2.00 bits per heavy atom. The van der Waals surface area contributed by atoms with Crippen molar-refractivity contribution in [3.8, 4) is 11.5 Å². The smallest absolute Gasteiger partial charge is 0.335 e. The Kier molecular flexibility index (Phi) is 3.78. The van der Waals surface area contributed by atoms with E-state index in [9.17, 15) is 14.3 Å². The van der Waals surface area contributed by atoms with Crippen LogP contribution in [0.25, 0.3) is 5.57 Å². The summed E-state index contributed by atoms with van der Waals surface area (Å²) in [6.07, 6.45) is 1.52. The van der Waals surface area contributed by atoms with Crippen molar-refractivity contribution in [1.82, 2.24) is 0 Å². The Bertz CT molecular complexity index is 811. The van der Waals surface area contributed by atoms with Gasteiger partial charge in [-0.25, -0.2) is 9.18 Å². The van der Waals surface area contributed by atoms with Crippen molar-refractivity contribution in [1.29, 1.82) is 0 Å². The average molecular weight is 314 g/mol. The zero-order chi connectivity index (χ0) is 16.6. The SMILES string of the molecule is COc1ccc(F)c(C2=CC(C)Oc3ccc(C(=O)O)cc32)c1. The maximum Gasteiger partial charge on any atom is 0.335 e. The molecule has 0 aromatic heterocycles. The van der Waals surface area contributed by atoms with Gasteiger partial charge in [-0.15, -0.1) is 0 Å². The lowest BCUT2D eigenvalue weighted by molar-refractivity contribution is 0.0697. The van der Waals surface area contributed by atoms with Crippen LogP contribution in [0.1, 0.15) is 28.4 Å². The Morgan fingerprint density at radius 3 is 2.70 bits per heavy atom. The molecule has 118 valence electrons. The molecule has 0 bridgehead atoms. The highest BCUT2D eigenvalue weighted by molar-refractivity contribution is 5.92. The summed E-state index contributed by atoms with van der Waals surface area (Å²) in [6.45, 7) is 1.84. The van der Waals surface area contributed by atoms with Crippen molar-refractivity contribution in [3.63, 3.8) is 0 Å². The molecule has 0 radical (unpaired) electrons. The molecule has 0 amide bonds. The molecular formula is C18H15FO4. The minimum absolute atomic E-state index is 0.121. The number of carbonyl (C=O) groups is 1. The van der Waals surface area contributed by atoms with Crippen LogP contribution in [0, 0.1) is 5.82 Å². The first-order valence-electron chi connectivity index (χ1n) is 7.09. The Morgan fingerprint density at radius 1 is 1.22 bits per heavy atom. The van der Waals surface area contributed by atoms with Gasteiger partial charge >= 0.3 is 5.97 Å². The third-order valence-corrected chi connectivity index (χ3v) is 3.69. The lowest BCUT2D eigenvalue weighted by atomic mass is 9.92. The maximum atomic E-state index is 14.3. The molecule has 0 saturated carbocycles. The predicted octanol–water partition coefficient (Wildman–Crippen LogP) is 3.75. The Labute approximate surface area is 132 Å². The average Bonchev–Trinajstić information content (AvgIpc) is 2.54. The van der Waals surface area contributed by atoms with Crippen LogP contribution in [0.5, 0.6) is 11.5 Å². The normalized spacial score (nSPS) is 16.1. The molecule has 1 unspecified atom stereocenters. The molecule has 2 aromatic carbocycles. The first-order valence-corrected chi connectivity index (χ1v) is 7.09. The molecule has 23 heavy (non-hydrogen) atoms. The molecule has 0 saturated heterocycles. The third-order valence-electron chi connectivity index (χ3n) is 3.69. The van der Waals surface area contributed by atoms with Crippen molar-refractivity contribution >= 4 is 11.5 Å². The van der Waals surface area contributed by atoms with Crippen molar-refractivity contribution in [2.24, 2.45) is 0 Å². The van der Waals surface area contributed by atoms with Gasteiger partial charge in [-0.3, -0.25) is 0 Å². The van der Waals surface area contributed by atoms with Crippen molar-refractivity contribution in [2.75, 3.05) is 7.11 Å². The van der Waals surface area contributed by atoms with Gasteiger partial charge in [0.1, 0.15) is 23.4 Å². The Balaban J connectivity index is 2.20. The predicted molar refractivity (Wildman–Crippen MR) is 83.5 cm³/mol. The van der Waals surface area contributed by atoms with E-state index in [0.29, 0.717) is 28.2 Å². The molecular weight excluding hydrogens is 299 g/mol. The van der Waals surface area contributed by atoms with E-state index in [1.165, 1.54) is 31.4 Å². The van der Waals surface area contributed by atoms with Crippen LogP contribution in [0.4, 0.5) is 4.39 Å². The van der Waals surface area contributed by atoms with Gasteiger partial charge in [0.15, 0.2) is 0 Å². The zero-order valence-corrected chi connectivity index (χ0v) is 12.7. The van der Waals surface area contributed by atoms with Gasteiger partial charge in [0, 0.05) is 11.1 Å². The monoisotopic (exact) mass is 314 g/mol. The molecule has 5 heteroatoms. The van der Waals surface area contributed by atoms with E-state index >= 15 is 0 Å². The highest BCUT2D eigenvalue weighted by atomic mass is 19.1. The Hall–Kier alpha value is -2.82. The first-order chi connectivity index (χ1) is 11.0. The number of carboxylic acids is 1. The summed E-state index contributed by atoms with van der Waals surface area (Å²) in [5.74, 6) is -0.394. The summed E-state index contributed by atoms with van der Waals surface area (Å²) in [6, 6.07) is 9.02. The summed E-state index contributed by atoms with van der Waals surface area (Å²) in [4.78, 5) is 11.2. The second kappa shape index (κ2) is 5.76. The highest BCUT2D eigenvalue weighted by Crippen LogP contribution is 2.38. The fraction of sp³-hybridized carbons (Fsp3) is 0.167. The van der Waals surface area contributed by atoms with Crippen LogP contribution in [-0.4, -0.2) is 24.3 Å². The van der Waals surface area contributed by atoms with E-state index in [4.69, 9.17) is 9.47 Å². The molecule has 1 aliphatic heterocycles. The van der Waals surface area contributed by atoms with Crippen LogP contribution < -0.4 is 9.47 Å². The first kappa shape index (κ1) is 15.1. The summed E-state index contributed by atoms with van der Waals surface area (Å²) in [5.41, 5.74) is 1.62. The van der Waals surface area contributed by atoms with Gasteiger partial charge in [0.05, 0.1) is 12.7 Å². The molecule has 1 N–H and O–H groups in total. The van der Waals surface area contributed by atoms with Crippen molar-refractivity contribution < 1.29 is 23.8 Å². The number of ether oxygens (including phenoxy) is 2. The number of hydrogen-bond donors (Lipinski definition) is 1. The molecule has 0 spiro atoms. The number of carboxylic acid groups (broad SMARTS) is 1. The number of benzene rings is 2. The number of hydrogen-bond acceptors (Lipinski definition) is 3. The lowest BCUT2D eigenvalue weighted by Gasteiger charge is -2.24.